The molecule has 0 aromatic heterocycles. The van der Waals surface area contributed by atoms with Crippen LogP contribution in [-0.4, -0.2) is 23.0 Å². The summed E-state index contributed by atoms with van der Waals surface area (Å²) in [5, 5.41) is 2.89. The summed E-state index contributed by atoms with van der Waals surface area (Å²) < 4.78 is 0. The van der Waals surface area contributed by atoms with Gasteiger partial charge in [0.1, 0.15) is 0 Å². The van der Waals surface area contributed by atoms with Crippen molar-refractivity contribution in [3.8, 4) is 0 Å². The molecule has 5 nitrogen and oxygen atoms in total. The molecule has 1 atom stereocenters. The van der Waals surface area contributed by atoms with Crippen LogP contribution in [0.2, 0.25) is 5.02 Å². The number of thioether (sulfide) groups is 1. The van der Waals surface area contributed by atoms with Crippen LogP contribution in [0.25, 0.3) is 0 Å². The number of hydrogen-bond donors (Lipinski definition) is 1. The SMILES string of the molecule is O=C(Nc1ccc(S[C@H]2CC(=O)N(c3cccc(Cl)c3)C2=O)cc1)C1CC1. The highest BCUT2D eigenvalue weighted by Crippen LogP contribution is 2.35. The molecular formula is C20H17ClN2O3S. The number of hydrogen-bond acceptors (Lipinski definition) is 4. The van der Waals surface area contributed by atoms with Crippen LogP contribution in [0.5, 0.6) is 0 Å². The Bertz CT molecular complexity index is 912. The molecule has 1 saturated heterocycles. The first-order chi connectivity index (χ1) is 13.0. The van der Waals surface area contributed by atoms with Crippen molar-refractivity contribution in [2.24, 2.45) is 5.92 Å². The first-order valence-electron chi connectivity index (χ1n) is 8.71. The largest absolute Gasteiger partial charge is 0.326 e. The van der Waals surface area contributed by atoms with E-state index in [0.717, 1.165) is 23.4 Å². The first kappa shape index (κ1) is 18.1. The third-order valence-electron chi connectivity index (χ3n) is 4.52. The monoisotopic (exact) mass is 400 g/mol. The molecular weight excluding hydrogens is 384 g/mol. The van der Waals surface area contributed by atoms with Crippen LogP contribution >= 0.6 is 23.4 Å². The lowest BCUT2D eigenvalue weighted by Gasteiger charge is -2.15. The Hall–Kier alpha value is -2.31. The number of amides is 3. The minimum absolute atomic E-state index is 0.0594. The lowest BCUT2D eigenvalue weighted by Crippen LogP contribution is -2.31. The van der Waals surface area contributed by atoms with Crippen LogP contribution in [0.3, 0.4) is 0 Å². The summed E-state index contributed by atoms with van der Waals surface area (Å²) in [6, 6.07) is 14.1. The maximum absolute atomic E-state index is 12.7. The van der Waals surface area contributed by atoms with Crippen LogP contribution in [0.1, 0.15) is 19.3 Å². The molecule has 0 spiro atoms. The van der Waals surface area contributed by atoms with Crippen molar-refractivity contribution in [3.05, 3.63) is 53.6 Å². The summed E-state index contributed by atoms with van der Waals surface area (Å²) in [5.41, 5.74) is 1.24. The van der Waals surface area contributed by atoms with Crippen LogP contribution < -0.4 is 10.2 Å². The first-order valence-corrected chi connectivity index (χ1v) is 9.97. The summed E-state index contributed by atoms with van der Waals surface area (Å²) in [7, 11) is 0. The van der Waals surface area contributed by atoms with Crippen LogP contribution in [0.15, 0.2) is 53.4 Å². The van der Waals surface area contributed by atoms with Crippen molar-refractivity contribution in [1.29, 1.82) is 0 Å². The second-order valence-corrected chi connectivity index (χ2v) is 8.36. The Morgan fingerprint density at radius 3 is 2.52 bits per heavy atom. The predicted octanol–water partition coefficient (Wildman–Crippen LogP) is 4.11. The van der Waals surface area contributed by atoms with E-state index in [-0.39, 0.29) is 30.1 Å². The molecule has 27 heavy (non-hydrogen) atoms. The van der Waals surface area contributed by atoms with Crippen molar-refractivity contribution >= 4 is 52.5 Å². The number of carbonyl (C=O) groups is 3. The second kappa shape index (κ2) is 7.37. The van der Waals surface area contributed by atoms with E-state index in [1.165, 1.54) is 16.7 Å². The quantitative estimate of drug-likeness (QED) is 0.767. The molecule has 2 aromatic rings. The molecule has 2 aromatic carbocycles. The van der Waals surface area contributed by atoms with Gasteiger partial charge in [0.15, 0.2) is 0 Å². The minimum atomic E-state index is -0.469. The molecule has 2 aliphatic rings. The standard InChI is InChI=1S/C20H17ClN2O3S/c21-13-2-1-3-15(10-13)23-18(24)11-17(20(23)26)27-16-8-6-14(7-9-16)22-19(25)12-4-5-12/h1-3,6-10,12,17H,4-5,11H2,(H,22,25)/t17-/m0/s1. The fourth-order valence-corrected chi connectivity index (χ4v) is 4.19. The smallest absolute Gasteiger partial charge is 0.247 e. The number of nitrogens with zero attached hydrogens (tertiary/aromatic N) is 1. The van der Waals surface area contributed by atoms with Crippen LogP contribution in [-0.2, 0) is 14.4 Å². The van der Waals surface area contributed by atoms with Gasteiger partial charge in [-0.2, -0.15) is 0 Å². The molecule has 1 aliphatic carbocycles. The normalized spacial score (nSPS) is 19.4. The number of benzene rings is 2. The molecule has 0 unspecified atom stereocenters. The van der Waals surface area contributed by atoms with Gasteiger partial charge >= 0.3 is 0 Å². The Balaban J connectivity index is 1.43. The molecule has 1 saturated carbocycles. The van der Waals surface area contributed by atoms with E-state index in [0.29, 0.717) is 10.7 Å². The predicted molar refractivity (Wildman–Crippen MR) is 106 cm³/mol. The van der Waals surface area contributed by atoms with Gasteiger partial charge in [0, 0.05) is 27.9 Å². The molecule has 0 bridgehead atoms. The molecule has 1 N–H and O–H groups in total. The molecule has 3 amide bonds. The summed E-state index contributed by atoms with van der Waals surface area (Å²) in [5.74, 6) is -0.255. The molecule has 1 aliphatic heterocycles. The molecule has 138 valence electrons. The van der Waals surface area contributed by atoms with Gasteiger partial charge < -0.3 is 5.32 Å². The fourth-order valence-electron chi connectivity index (χ4n) is 2.95. The molecule has 2 fully saturated rings. The number of rotatable bonds is 5. The van der Waals surface area contributed by atoms with Gasteiger partial charge in [0.25, 0.3) is 0 Å². The second-order valence-electron chi connectivity index (χ2n) is 6.65. The summed E-state index contributed by atoms with van der Waals surface area (Å²) >= 11 is 7.33. The lowest BCUT2D eigenvalue weighted by molar-refractivity contribution is -0.121. The third-order valence-corrected chi connectivity index (χ3v) is 5.95. The summed E-state index contributed by atoms with van der Waals surface area (Å²) in [4.78, 5) is 38.9. The van der Waals surface area contributed by atoms with E-state index in [4.69, 9.17) is 11.6 Å². The number of carbonyl (C=O) groups excluding carboxylic acids is 3. The molecule has 0 radical (unpaired) electrons. The highest BCUT2D eigenvalue weighted by atomic mass is 35.5. The van der Waals surface area contributed by atoms with Gasteiger partial charge in [-0.3, -0.25) is 14.4 Å². The Morgan fingerprint density at radius 2 is 1.85 bits per heavy atom. The van der Waals surface area contributed by atoms with E-state index in [1.807, 2.05) is 24.3 Å². The zero-order valence-corrected chi connectivity index (χ0v) is 15.9. The average molecular weight is 401 g/mol. The molecule has 7 heteroatoms. The van der Waals surface area contributed by atoms with E-state index in [9.17, 15) is 14.4 Å². The highest BCUT2D eigenvalue weighted by Gasteiger charge is 2.40. The highest BCUT2D eigenvalue weighted by molar-refractivity contribution is 8.00. The molecule has 1 heterocycles. The Kier molecular flexibility index (Phi) is 4.93. The minimum Gasteiger partial charge on any atom is -0.326 e. The number of anilines is 2. The summed E-state index contributed by atoms with van der Waals surface area (Å²) in [6.07, 6.45) is 2.07. The summed E-state index contributed by atoms with van der Waals surface area (Å²) in [6.45, 7) is 0. The van der Waals surface area contributed by atoms with Crippen LogP contribution in [0, 0.1) is 5.92 Å². The van der Waals surface area contributed by atoms with Crippen molar-refractivity contribution in [2.75, 3.05) is 10.2 Å². The van der Waals surface area contributed by atoms with Gasteiger partial charge in [-0.15, -0.1) is 11.8 Å². The van der Waals surface area contributed by atoms with Gasteiger partial charge in [-0.25, -0.2) is 4.90 Å². The number of halogens is 1. The topological polar surface area (TPSA) is 66.5 Å². The lowest BCUT2D eigenvalue weighted by atomic mass is 10.3. The van der Waals surface area contributed by atoms with Gasteiger partial charge in [-0.05, 0) is 55.3 Å². The van der Waals surface area contributed by atoms with Crippen molar-refractivity contribution in [1.82, 2.24) is 0 Å². The molecule has 4 rings (SSSR count). The van der Waals surface area contributed by atoms with Gasteiger partial charge in [-0.1, -0.05) is 17.7 Å². The van der Waals surface area contributed by atoms with E-state index in [2.05, 4.69) is 5.32 Å². The maximum Gasteiger partial charge on any atom is 0.247 e. The number of imide groups is 1. The van der Waals surface area contributed by atoms with Crippen LogP contribution in [0.4, 0.5) is 11.4 Å². The van der Waals surface area contributed by atoms with Crippen molar-refractivity contribution in [2.45, 2.75) is 29.4 Å². The zero-order valence-electron chi connectivity index (χ0n) is 14.4. The van der Waals surface area contributed by atoms with Crippen molar-refractivity contribution in [3.63, 3.8) is 0 Å². The third kappa shape index (κ3) is 4.01. The Morgan fingerprint density at radius 1 is 1.11 bits per heavy atom. The number of nitrogens with one attached hydrogen (secondary N) is 1. The fraction of sp³-hybridized carbons (Fsp3) is 0.250. The van der Waals surface area contributed by atoms with E-state index < -0.39 is 5.25 Å². The van der Waals surface area contributed by atoms with Gasteiger partial charge in [0.2, 0.25) is 17.7 Å². The van der Waals surface area contributed by atoms with E-state index in [1.54, 1.807) is 24.3 Å². The van der Waals surface area contributed by atoms with E-state index >= 15 is 0 Å². The maximum atomic E-state index is 12.7. The zero-order chi connectivity index (χ0) is 19.0. The Labute approximate surface area is 166 Å². The van der Waals surface area contributed by atoms with Gasteiger partial charge in [0.05, 0.1) is 10.9 Å². The average Bonchev–Trinajstić information content (AvgIpc) is 3.44. The van der Waals surface area contributed by atoms with Crippen molar-refractivity contribution < 1.29 is 14.4 Å².